The average molecular weight is 418 g/mol. The van der Waals surface area contributed by atoms with Gasteiger partial charge in [-0.3, -0.25) is 9.59 Å². The van der Waals surface area contributed by atoms with Gasteiger partial charge in [0.25, 0.3) is 0 Å². The van der Waals surface area contributed by atoms with E-state index in [0.29, 0.717) is 30.2 Å². The van der Waals surface area contributed by atoms with Crippen LogP contribution in [0.1, 0.15) is 24.5 Å². The van der Waals surface area contributed by atoms with Gasteiger partial charge in [-0.1, -0.05) is 55.5 Å². The highest BCUT2D eigenvalue weighted by Crippen LogP contribution is 2.25. The molecule has 0 aliphatic heterocycles. The summed E-state index contributed by atoms with van der Waals surface area (Å²) in [6.45, 7) is 4.18. The Balaban J connectivity index is 1.59. The summed E-state index contributed by atoms with van der Waals surface area (Å²) in [5.41, 5.74) is 3.98. The smallest absolute Gasteiger partial charge is 0.243 e. The van der Waals surface area contributed by atoms with Crippen molar-refractivity contribution in [3.05, 3.63) is 83.9 Å². The maximum atomic E-state index is 12.5. The van der Waals surface area contributed by atoms with Crippen molar-refractivity contribution in [1.29, 1.82) is 0 Å². The van der Waals surface area contributed by atoms with Gasteiger partial charge < -0.3 is 20.7 Å². The van der Waals surface area contributed by atoms with Crippen molar-refractivity contribution >= 4 is 28.9 Å². The van der Waals surface area contributed by atoms with Gasteiger partial charge in [-0.05, 0) is 42.3 Å². The zero-order chi connectivity index (χ0) is 22.1. The number of carbonyl (C=O) groups is 2. The minimum absolute atomic E-state index is 0.0691. The lowest BCUT2D eigenvalue weighted by Crippen LogP contribution is -2.22. The first-order chi connectivity index (χ1) is 15.1. The fraction of sp³-hybridized carbons (Fsp3) is 0.200. The van der Waals surface area contributed by atoms with E-state index in [1.54, 1.807) is 13.0 Å². The van der Waals surface area contributed by atoms with Crippen LogP contribution in [0.15, 0.2) is 72.8 Å². The van der Waals surface area contributed by atoms with E-state index in [-0.39, 0.29) is 18.4 Å². The molecule has 2 amide bonds. The summed E-state index contributed by atoms with van der Waals surface area (Å²) in [7, 11) is 0. The molecule has 0 atom stereocenters. The molecule has 0 radical (unpaired) electrons. The molecule has 0 spiro atoms. The van der Waals surface area contributed by atoms with Gasteiger partial charge in [0.05, 0.1) is 12.2 Å². The van der Waals surface area contributed by atoms with Crippen molar-refractivity contribution in [3.63, 3.8) is 0 Å². The summed E-state index contributed by atoms with van der Waals surface area (Å²) in [5, 5.41) is 8.88. The second kappa shape index (κ2) is 10.8. The van der Waals surface area contributed by atoms with Crippen LogP contribution < -0.4 is 20.7 Å². The molecule has 0 saturated heterocycles. The van der Waals surface area contributed by atoms with Crippen LogP contribution in [-0.2, 0) is 16.2 Å². The molecular formula is C25H27N3O3. The highest BCUT2D eigenvalue weighted by molar-refractivity contribution is 5.97. The van der Waals surface area contributed by atoms with E-state index < -0.39 is 0 Å². The number of amides is 2. The van der Waals surface area contributed by atoms with Crippen molar-refractivity contribution in [3.8, 4) is 5.75 Å². The lowest BCUT2D eigenvalue weighted by Gasteiger charge is -2.15. The van der Waals surface area contributed by atoms with Crippen molar-refractivity contribution in [1.82, 2.24) is 0 Å². The minimum atomic E-state index is -0.195. The third-order valence-electron chi connectivity index (χ3n) is 4.77. The standard InChI is InChI=1S/C25H27N3O3/c1-3-24(29)27-20-13-9-14-21(18(20)2)28-25(30)16-26-22-12-7-8-15-23(22)31-17-19-10-5-4-6-11-19/h4-15,26H,3,16-17H2,1-2H3,(H,27,29)(H,28,30). The van der Waals surface area contributed by atoms with Gasteiger partial charge in [-0.25, -0.2) is 0 Å². The summed E-state index contributed by atoms with van der Waals surface area (Å²) in [6.07, 6.45) is 0.395. The molecule has 0 unspecified atom stereocenters. The first-order valence-electron chi connectivity index (χ1n) is 10.3. The van der Waals surface area contributed by atoms with E-state index >= 15 is 0 Å². The second-order valence-corrected chi connectivity index (χ2v) is 7.05. The number of anilines is 3. The van der Waals surface area contributed by atoms with Crippen LogP contribution in [0.4, 0.5) is 17.1 Å². The van der Waals surface area contributed by atoms with Gasteiger partial charge in [0.15, 0.2) is 0 Å². The Hall–Kier alpha value is -3.80. The van der Waals surface area contributed by atoms with Gasteiger partial charge >= 0.3 is 0 Å². The molecule has 3 N–H and O–H groups in total. The predicted molar refractivity (Wildman–Crippen MR) is 124 cm³/mol. The molecule has 3 aromatic carbocycles. The Morgan fingerprint density at radius 1 is 0.774 bits per heavy atom. The molecule has 6 heteroatoms. The Morgan fingerprint density at radius 3 is 2.10 bits per heavy atom. The van der Waals surface area contributed by atoms with Crippen molar-refractivity contribution in [2.45, 2.75) is 26.9 Å². The van der Waals surface area contributed by atoms with Crippen LogP contribution in [0.3, 0.4) is 0 Å². The van der Waals surface area contributed by atoms with Crippen LogP contribution >= 0.6 is 0 Å². The Labute approximate surface area is 182 Å². The normalized spacial score (nSPS) is 10.3. The van der Waals surface area contributed by atoms with Gasteiger partial charge in [0, 0.05) is 17.8 Å². The fourth-order valence-electron chi connectivity index (χ4n) is 2.99. The molecule has 3 aromatic rings. The number of hydrogen-bond donors (Lipinski definition) is 3. The van der Waals surface area contributed by atoms with Gasteiger partial charge in [-0.15, -0.1) is 0 Å². The van der Waals surface area contributed by atoms with Crippen molar-refractivity contribution in [2.24, 2.45) is 0 Å². The number of carbonyl (C=O) groups excluding carboxylic acids is 2. The Kier molecular flexibility index (Phi) is 7.65. The predicted octanol–water partition coefficient (Wildman–Crippen LogP) is 4.97. The van der Waals surface area contributed by atoms with Crippen LogP contribution in [0.5, 0.6) is 5.75 Å². The number of ether oxygens (including phenoxy) is 1. The van der Waals surface area contributed by atoms with Gasteiger partial charge in [0.1, 0.15) is 12.4 Å². The molecule has 0 bridgehead atoms. The van der Waals surface area contributed by atoms with E-state index in [2.05, 4.69) is 16.0 Å². The first-order valence-corrected chi connectivity index (χ1v) is 10.3. The molecule has 0 heterocycles. The molecule has 3 rings (SSSR count). The first kappa shape index (κ1) is 21.9. The third-order valence-corrected chi connectivity index (χ3v) is 4.77. The summed E-state index contributed by atoms with van der Waals surface area (Å²) in [4.78, 5) is 24.2. The number of benzene rings is 3. The Bertz CT molecular complexity index is 1040. The molecular weight excluding hydrogens is 390 g/mol. The zero-order valence-corrected chi connectivity index (χ0v) is 17.8. The quantitative estimate of drug-likeness (QED) is 0.459. The van der Waals surface area contributed by atoms with Crippen LogP contribution in [0.2, 0.25) is 0 Å². The maximum absolute atomic E-state index is 12.5. The van der Waals surface area contributed by atoms with Crippen molar-refractivity contribution < 1.29 is 14.3 Å². The number of hydrogen-bond acceptors (Lipinski definition) is 4. The van der Waals surface area contributed by atoms with Gasteiger partial charge in [-0.2, -0.15) is 0 Å². The van der Waals surface area contributed by atoms with Crippen LogP contribution in [-0.4, -0.2) is 18.4 Å². The van der Waals surface area contributed by atoms with E-state index in [1.807, 2.05) is 73.7 Å². The van der Waals surface area contributed by atoms with Crippen molar-refractivity contribution in [2.75, 3.05) is 22.5 Å². The zero-order valence-electron chi connectivity index (χ0n) is 17.8. The minimum Gasteiger partial charge on any atom is -0.487 e. The molecule has 160 valence electrons. The SMILES string of the molecule is CCC(=O)Nc1cccc(NC(=O)CNc2ccccc2OCc2ccccc2)c1C. The highest BCUT2D eigenvalue weighted by Gasteiger charge is 2.10. The van der Waals surface area contributed by atoms with Crippen LogP contribution in [0.25, 0.3) is 0 Å². The van der Waals surface area contributed by atoms with Gasteiger partial charge in [0.2, 0.25) is 11.8 Å². The second-order valence-electron chi connectivity index (χ2n) is 7.05. The lowest BCUT2D eigenvalue weighted by atomic mass is 10.1. The summed E-state index contributed by atoms with van der Waals surface area (Å²) < 4.78 is 5.92. The molecule has 0 aliphatic rings. The number of para-hydroxylation sites is 2. The largest absolute Gasteiger partial charge is 0.487 e. The lowest BCUT2D eigenvalue weighted by molar-refractivity contribution is -0.116. The molecule has 6 nitrogen and oxygen atoms in total. The average Bonchev–Trinajstić information content (AvgIpc) is 2.80. The Morgan fingerprint density at radius 2 is 1.39 bits per heavy atom. The van der Waals surface area contributed by atoms with E-state index in [1.165, 1.54) is 0 Å². The molecule has 31 heavy (non-hydrogen) atoms. The topological polar surface area (TPSA) is 79.5 Å². The molecule has 0 fully saturated rings. The fourth-order valence-corrected chi connectivity index (χ4v) is 2.99. The van der Waals surface area contributed by atoms with E-state index in [9.17, 15) is 9.59 Å². The molecule has 0 aliphatic carbocycles. The highest BCUT2D eigenvalue weighted by atomic mass is 16.5. The monoisotopic (exact) mass is 417 g/mol. The molecule has 0 saturated carbocycles. The van der Waals surface area contributed by atoms with E-state index in [0.717, 1.165) is 16.8 Å². The maximum Gasteiger partial charge on any atom is 0.243 e. The summed E-state index contributed by atoms with van der Waals surface area (Å²) in [6, 6.07) is 22.9. The van der Waals surface area contributed by atoms with Crippen LogP contribution in [0, 0.1) is 6.92 Å². The summed E-state index contributed by atoms with van der Waals surface area (Å²) in [5.74, 6) is 0.417. The number of nitrogens with one attached hydrogen (secondary N) is 3. The number of rotatable bonds is 9. The summed E-state index contributed by atoms with van der Waals surface area (Å²) >= 11 is 0. The van der Waals surface area contributed by atoms with E-state index in [4.69, 9.17) is 4.74 Å². The third kappa shape index (κ3) is 6.34. The molecule has 0 aromatic heterocycles.